The fraction of sp³-hybridized carbons (Fsp3) is 0.533. The third-order valence-corrected chi connectivity index (χ3v) is 7.39. The molecule has 2 atom stereocenters. The van der Waals surface area contributed by atoms with Gasteiger partial charge >= 0.3 is 6.09 Å². The zero-order valence-electron chi connectivity index (χ0n) is 22.7. The summed E-state index contributed by atoms with van der Waals surface area (Å²) in [5, 5.41) is 8.40. The van der Waals surface area contributed by atoms with Gasteiger partial charge in [0, 0.05) is 31.8 Å². The van der Waals surface area contributed by atoms with Crippen molar-refractivity contribution in [2.45, 2.75) is 69.6 Å². The van der Waals surface area contributed by atoms with Gasteiger partial charge in [-0.05, 0) is 60.6 Å². The fourth-order valence-electron chi connectivity index (χ4n) is 5.05. The van der Waals surface area contributed by atoms with Crippen LogP contribution in [0.15, 0.2) is 48.7 Å². The Hall–Kier alpha value is -3.26. The number of carbonyl (C=O) groups is 2. The summed E-state index contributed by atoms with van der Waals surface area (Å²) in [6.45, 7) is 4.87. The van der Waals surface area contributed by atoms with Gasteiger partial charge in [-0.2, -0.15) is 0 Å². The van der Waals surface area contributed by atoms with Gasteiger partial charge in [-0.25, -0.2) is 4.79 Å². The summed E-state index contributed by atoms with van der Waals surface area (Å²) in [5.74, 6) is 0.772. The van der Waals surface area contributed by atoms with E-state index in [2.05, 4.69) is 47.5 Å². The first-order valence-corrected chi connectivity index (χ1v) is 13.7. The first-order chi connectivity index (χ1) is 18.5. The lowest BCUT2D eigenvalue weighted by molar-refractivity contribution is -0.130. The second kappa shape index (κ2) is 13.5. The number of hydrogen-bond donors (Lipinski definition) is 2. The van der Waals surface area contributed by atoms with Gasteiger partial charge in [0.15, 0.2) is 0 Å². The number of likely N-dealkylation sites (tertiary alicyclic amines) is 1. The van der Waals surface area contributed by atoms with E-state index >= 15 is 0 Å². The molecule has 2 amide bonds. The van der Waals surface area contributed by atoms with E-state index in [1.807, 2.05) is 6.07 Å². The lowest BCUT2D eigenvalue weighted by Crippen LogP contribution is -2.45. The molecule has 2 N–H and O–H groups in total. The largest absolute Gasteiger partial charge is 0.496 e. The van der Waals surface area contributed by atoms with Gasteiger partial charge in [0.1, 0.15) is 12.3 Å². The summed E-state index contributed by atoms with van der Waals surface area (Å²) >= 11 is 0. The molecule has 1 aliphatic carbocycles. The standard InChI is InChI=1S/C30H41N3O5/c1-21(32-25-13-14-25)27-18-26(36-2)20-33(27)29(34)19-31-30(35)38-15-9-5-4-6-12-24-16-22-10-7-8-11-23(22)17-28(24)37-3/h7-8,10-11,16-17,25-27,32H,1,4-6,9,12-15,18-20H2,2-3H3,(H,31,35). The molecule has 2 unspecified atom stereocenters. The number of rotatable bonds is 14. The number of benzene rings is 2. The number of methoxy groups -OCH3 is 2. The zero-order chi connectivity index (χ0) is 26.9. The maximum absolute atomic E-state index is 12.8. The van der Waals surface area contributed by atoms with E-state index in [1.165, 1.54) is 16.3 Å². The van der Waals surface area contributed by atoms with Crippen LogP contribution >= 0.6 is 0 Å². The molecular formula is C30H41N3O5. The third-order valence-electron chi connectivity index (χ3n) is 7.39. The number of nitrogens with one attached hydrogen (secondary N) is 2. The van der Waals surface area contributed by atoms with E-state index in [9.17, 15) is 9.59 Å². The summed E-state index contributed by atoms with van der Waals surface area (Å²) in [4.78, 5) is 26.7. The van der Waals surface area contributed by atoms with Crippen LogP contribution in [0.1, 0.15) is 50.5 Å². The molecular weight excluding hydrogens is 482 g/mol. The van der Waals surface area contributed by atoms with Gasteiger partial charge in [-0.3, -0.25) is 4.79 Å². The average molecular weight is 524 g/mol. The second-order valence-corrected chi connectivity index (χ2v) is 10.3. The van der Waals surface area contributed by atoms with Gasteiger partial charge in [0.2, 0.25) is 5.91 Å². The molecule has 0 aromatic heterocycles. The minimum absolute atomic E-state index is 0.0315. The monoisotopic (exact) mass is 523 g/mol. The minimum atomic E-state index is -0.562. The molecule has 2 fully saturated rings. The van der Waals surface area contributed by atoms with Gasteiger partial charge in [-0.1, -0.05) is 43.7 Å². The van der Waals surface area contributed by atoms with Crippen molar-refractivity contribution in [1.82, 2.24) is 15.5 Å². The van der Waals surface area contributed by atoms with E-state index in [0.717, 1.165) is 56.4 Å². The Morgan fingerprint density at radius 2 is 1.79 bits per heavy atom. The molecule has 1 aliphatic heterocycles. The molecule has 1 heterocycles. The van der Waals surface area contributed by atoms with Crippen LogP contribution in [0.2, 0.25) is 0 Å². The van der Waals surface area contributed by atoms with Gasteiger partial charge in [0.05, 0.1) is 25.9 Å². The van der Waals surface area contributed by atoms with Crippen molar-refractivity contribution < 1.29 is 23.8 Å². The molecule has 0 spiro atoms. The number of unbranched alkanes of at least 4 members (excludes halogenated alkanes) is 3. The van der Waals surface area contributed by atoms with E-state index in [-0.39, 0.29) is 24.6 Å². The first kappa shape index (κ1) is 27.8. The lowest BCUT2D eigenvalue weighted by atomic mass is 10.0. The maximum atomic E-state index is 12.8. The summed E-state index contributed by atoms with van der Waals surface area (Å²) in [6, 6.07) is 13.0. The van der Waals surface area contributed by atoms with Crippen LogP contribution in [0.4, 0.5) is 4.79 Å². The Labute approximate surface area is 225 Å². The number of fused-ring (bicyclic) bond motifs is 1. The molecule has 8 nitrogen and oxygen atoms in total. The molecule has 2 aromatic carbocycles. The van der Waals surface area contributed by atoms with Crippen LogP contribution in [-0.4, -0.2) is 69.0 Å². The van der Waals surface area contributed by atoms with Crippen LogP contribution in [0.25, 0.3) is 10.8 Å². The number of alkyl carbamates (subject to hydrolysis) is 1. The van der Waals surface area contributed by atoms with Crippen molar-refractivity contribution >= 4 is 22.8 Å². The lowest BCUT2D eigenvalue weighted by Gasteiger charge is -2.27. The predicted molar refractivity (Wildman–Crippen MR) is 148 cm³/mol. The van der Waals surface area contributed by atoms with Crippen molar-refractivity contribution in [1.29, 1.82) is 0 Å². The van der Waals surface area contributed by atoms with Crippen molar-refractivity contribution in [3.63, 3.8) is 0 Å². The number of aryl methyl sites for hydroxylation is 1. The predicted octanol–water partition coefficient (Wildman–Crippen LogP) is 4.56. The molecule has 8 heteroatoms. The molecule has 38 heavy (non-hydrogen) atoms. The number of amides is 2. The molecule has 1 saturated heterocycles. The van der Waals surface area contributed by atoms with Crippen molar-refractivity contribution in [3.05, 3.63) is 54.2 Å². The van der Waals surface area contributed by atoms with Crippen molar-refractivity contribution in [2.75, 3.05) is 33.9 Å². The molecule has 4 rings (SSSR count). The number of carbonyl (C=O) groups excluding carboxylic acids is 2. The van der Waals surface area contributed by atoms with E-state index < -0.39 is 6.09 Å². The first-order valence-electron chi connectivity index (χ1n) is 13.7. The normalized spacial score (nSPS) is 18.8. The van der Waals surface area contributed by atoms with Crippen LogP contribution in [0.3, 0.4) is 0 Å². The van der Waals surface area contributed by atoms with Crippen molar-refractivity contribution in [3.8, 4) is 5.75 Å². The Morgan fingerprint density at radius 1 is 1.05 bits per heavy atom. The quantitative estimate of drug-likeness (QED) is 0.353. The number of ether oxygens (including phenoxy) is 3. The zero-order valence-corrected chi connectivity index (χ0v) is 22.7. The Morgan fingerprint density at radius 3 is 2.50 bits per heavy atom. The summed E-state index contributed by atoms with van der Waals surface area (Å²) in [7, 11) is 3.37. The highest BCUT2D eigenvalue weighted by Crippen LogP contribution is 2.28. The number of nitrogens with zero attached hydrogens (tertiary/aromatic N) is 1. The topological polar surface area (TPSA) is 89.1 Å². The molecule has 0 bridgehead atoms. The summed E-state index contributed by atoms with van der Waals surface area (Å²) < 4.78 is 16.4. The number of hydrogen-bond acceptors (Lipinski definition) is 6. The Balaban J connectivity index is 1.10. The van der Waals surface area contributed by atoms with Crippen LogP contribution in [0.5, 0.6) is 5.75 Å². The third kappa shape index (κ3) is 7.63. The summed E-state index contributed by atoms with van der Waals surface area (Å²) in [6.07, 6.45) is 7.16. The summed E-state index contributed by atoms with van der Waals surface area (Å²) in [5.41, 5.74) is 2.07. The Bertz CT molecular complexity index is 1120. The molecule has 0 radical (unpaired) electrons. The second-order valence-electron chi connectivity index (χ2n) is 10.3. The minimum Gasteiger partial charge on any atom is -0.496 e. The SMILES string of the molecule is C=C(NC1CC1)C1CC(OC)CN1C(=O)CNC(=O)OCCCCCCc1cc2ccccc2cc1OC. The highest BCUT2D eigenvalue weighted by molar-refractivity contribution is 5.85. The van der Waals surface area contributed by atoms with Gasteiger partial charge < -0.3 is 29.7 Å². The van der Waals surface area contributed by atoms with E-state index in [1.54, 1.807) is 19.1 Å². The average Bonchev–Trinajstić information content (AvgIpc) is 3.64. The fourth-order valence-corrected chi connectivity index (χ4v) is 5.05. The van der Waals surface area contributed by atoms with Crippen LogP contribution in [0, 0.1) is 0 Å². The van der Waals surface area contributed by atoms with Crippen LogP contribution < -0.4 is 15.4 Å². The Kier molecular flexibility index (Phi) is 9.87. The molecule has 206 valence electrons. The smallest absolute Gasteiger partial charge is 0.407 e. The maximum Gasteiger partial charge on any atom is 0.407 e. The highest BCUT2D eigenvalue weighted by atomic mass is 16.5. The van der Waals surface area contributed by atoms with Crippen LogP contribution in [-0.2, 0) is 20.7 Å². The van der Waals surface area contributed by atoms with Gasteiger partial charge in [-0.15, -0.1) is 0 Å². The molecule has 2 aliphatic rings. The van der Waals surface area contributed by atoms with E-state index in [0.29, 0.717) is 25.6 Å². The molecule has 1 saturated carbocycles. The molecule has 2 aromatic rings. The van der Waals surface area contributed by atoms with E-state index in [4.69, 9.17) is 14.2 Å². The van der Waals surface area contributed by atoms with Crippen molar-refractivity contribution in [2.24, 2.45) is 0 Å². The highest BCUT2D eigenvalue weighted by Gasteiger charge is 2.38. The van der Waals surface area contributed by atoms with Gasteiger partial charge in [0.25, 0.3) is 0 Å².